The quantitative estimate of drug-likeness (QED) is 0.713. The van der Waals surface area contributed by atoms with Crippen molar-refractivity contribution >= 4 is 15.9 Å². The number of amides is 1. The monoisotopic (exact) mass is 346 g/mol. The molecule has 1 amide bonds. The van der Waals surface area contributed by atoms with E-state index in [1.165, 1.54) is 29.8 Å². The molecule has 2 atom stereocenters. The zero-order valence-electron chi connectivity index (χ0n) is 14.7. The SMILES string of the molecule is C[C@@H]1CCC[C@@H](C)[NH+]1CCNC(=O)C1CCN(S(C)(=O)=O)CC1. The van der Waals surface area contributed by atoms with Crippen molar-refractivity contribution in [1.29, 1.82) is 0 Å². The lowest BCUT2D eigenvalue weighted by Gasteiger charge is -2.36. The average Bonchev–Trinajstić information content (AvgIpc) is 2.49. The summed E-state index contributed by atoms with van der Waals surface area (Å²) in [6.07, 6.45) is 6.36. The molecule has 2 heterocycles. The largest absolute Gasteiger partial charge is 0.350 e. The van der Waals surface area contributed by atoms with Gasteiger partial charge in [0.25, 0.3) is 0 Å². The van der Waals surface area contributed by atoms with Gasteiger partial charge in [-0.15, -0.1) is 0 Å². The Kier molecular flexibility index (Phi) is 6.45. The minimum absolute atomic E-state index is 0.0424. The van der Waals surface area contributed by atoms with E-state index >= 15 is 0 Å². The third kappa shape index (κ3) is 5.16. The number of nitrogens with zero attached hydrogens (tertiary/aromatic N) is 1. The van der Waals surface area contributed by atoms with Crippen LogP contribution in [-0.4, -0.2) is 63.1 Å². The van der Waals surface area contributed by atoms with Crippen LogP contribution in [0.15, 0.2) is 0 Å². The number of nitrogens with one attached hydrogen (secondary N) is 2. The predicted molar refractivity (Wildman–Crippen MR) is 90.8 cm³/mol. The summed E-state index contributed by atoms with van der Waals surface area (Å²) in [4.78, 5) is 13.9. The smallest absolute Gasteiger partial charge is 0.223 e. The van der Waals surface area contributed by atoms with E-state index < -0.39 is 10.0 Å². The Balaban J connectivity index is 1.71. The third-order valence-corrected chi connectivity index (χ3v) is 6.85. The number of likely N-dealkylation sites (tertiary alicyclic amines) is 1. The number of piperidine rings is 2. The van der Waals surface area contributed by atoms with Crippen LogP contribution >= 0.6 is 0 Å². The van der Waals surface area contributed by atoms with Crippen molar-refractivity contribution in [2.24, 2.45) is 5.92 Å². The van der Waals surface area contributed by atoms with Crippen LogP contribution < -0.4 is 10.2 Å². The summed E-state index contributed by atoms with van der Waals surface area (Å²) in [6, 6.07) is 1.35. The van der Waals surface area contributed by atoms with Gasteiger partial charge in [-0.2, -0.15) is 0 Å². The highest BCUT2D eigenvalue weighted by atomic mass is 32.2. The summed E-state index contributed by atoms with van der Waals surface area (Å²) in [5.41, 5.74) is 0. The summed E-state index contributed by atoms with van der Waals surface area (Å²) in [6.45, 7) is 7.22. The molecule has 0 aromatic carbocycles. The van der Waals surface area contributed by atoms with Gasteiger partial charge in [-0.25, -0.2) is 12.7 Å². The van der Waals surface area contributed by atoms with Crippen molar-refractivity contribution in [3.8, 4) is 0 Å². The Hall–Kier alpha value is -0.660. The highest BCUT2D eigenvalue weighted by Crippen LogP contribution is 2.19. The van der Waals surface area contributed by atoms with Crippen LogP contribution in [0.3, 0.4) is 0 Å². The summed E-state index contributed by atoms with van der Waals surface area (Å²) < 4.78 is 24.5. The molecule has 2 saturated heterocycles. The Labute approximate surface area is 140 Å². The molecule has 0 aliphatic carbocycles. The first kappa shape index (κ1) is 18.7. The van der Waals surface area contributed by atoms with Gasteiger partial charge >= 0.3 is 0 Å². The molecule has 0 unspecified atom stereocenters. The van der Waals surface area contributed by atoms with Gasteiger partial charge in [-0.1, -0.05) is 0 Å². The first-order chi connectivity index (χ1) is 10.8. The second kappa shape index (κ2) is 7.94. The molecular weight excluding hydrogens is 314 g/mol. The first-order valence-corrected chi connectivity index (χ1v) is 10.7. The lowest BCUT2D eigenvalue weighted by atomic mass is 9.97. The van der Waals surface area contributed by atoms with Gasteiger partial charge in [0.05, 0.1) is 31.4 Å². The van der Waals surface area contributed by atoms with Crippen molar-refractivity contribution in [2.75, 3.05) is 32.4 Å². The molecule has 0 aromatic heterocycles. The number of hydrogen-bond acceptors (Lipinski definition) is 3. The van der Waals surface area contributed by atoms with Crippen molar-refractivity contribution in [3.63, 3.8) is 0 Å². The van der Waals surface area contributed by atoms with Crippen LogP contribution in [0, 0.1) is 5.92 Å². The number of sulfonamides is 1. The zero-order valence-corrected chi connectivity index (χ0v) is 15.5. The van der Waals surface area contributed by atoms with Crippen LogP contribution in [0.4, 0.5) is 0 Å². The Morgan fingerprint density at radius 3 is 2.22 bits per heavy atom. The van der Waals surface area contributed by atoms with E-state index in [9.17, 15) is 13.2 Å². The predicted octanol–water partition coefficient (Wildman–Crippen LogP) is -0.380. The van der Waals surface area contributed by atoms with E-state index in [0.29, 0.717) is 38.0 Å². The molecule has 134 valence electrons. The minimum Gasteiger partial charge on any atom is -0.350 e. The van der Waals surface area contributed by atoms with E-state index in [2.05, 4.69) is 19.2 Å². The fourth-order valence-electron chi connectivity index (χ4n) is 4.00. The minimum atomic E-state index is -3.12. The van der Waals surface area contributed by atoms with E-state index in [4.69, 9.17) is 0 Å². The molecule has 2 N–H and O–H groups in total. The molecule has 2 aliphatic rings. The summed E-state index contributed by atoms with van der Waals surface area (Å²) in [5.74, 6) is 0.0501. The van der Waals surface area contributed by atoms with Gasteiger partial charge in [0, 0.05) is 19.0 Å². The number of quaternary nitrogens is 1. The van der Waals surface area contributed by atoms with Crippen molar-refractivity contribution < 1.29 is 18.1 Å². The van der Waals surface area contributed by atoms with Crippen molar-refractivity contribution in [2.45, 2.75) is 58.0 Å². The molecule has 0 saturated carbocycles. The van der Waals surface area contributed by atoms with Gasteiger partial charge in [-0.3, -0.25) is 4.79 Å². The topological polar surface area (TPSA) is 70.9 Å². The van der Waals surface area contributed by atoms with Crippen molar-refractivity contribution in [3.05, 3.63) is 0 Å². The maximum absolute atomic E-state index is 12.3. The van der Waals surface area contributed by atoms with E-state index in [0.717, 1.165) is 13.1 Å². The second-order valence-corrected chi connectivity index (χ2v) is 9.27. The van der Waals surface area contributed by atoms with Gasteiger partial charge in [-0.05, 0) is 46.0 Å². The van der Waals surface area contributed by atoms with Gasteiger partial charge in [0.15, 0.2) is 0 Å². The zero-order chi connectivity index (χ0) is 17.0. The van der Waals surface area contributed by atoms with E-state index in [1.54, 1.807) is 4.90 Å². The van der Waals surface area contributed by atoms with Gasteiger partial charge < -0.3 is 10.2 Å². The summed E-state index contributed by atoms with van der Waals surface area (Å²) >= 11 is 0. The van der Waals surface area contributed by atoms with Crippen LogP contribution in [0.1, 0.15) is 46.0 Å². The Morgan fingerprint density at radius 1 is 1.13 bits per heavy atom. The van der Waals surface area contributed by atoms with Crippen LogP contribution in [0.2, 0.25) is 0 Å². The molecule has 23 heavy (non-hydrogen) atoms. The van der Waals surface area contributed by atoms with Crippen LogP contribution in [0.5, 0.6) is 0 Å². The summed E-state index contributed by atoms with van der Waals surface area (Å²) in [7, 11) is -3.12. The number of hydrogen-bond donors (Lipinski definition) is 2. The molecule has 0 aromatic rings. The fraction of sp³-hybridized carbons (Fsp3) is 0.938. The second-order valence-electron chi connectivity index (χ2n) is 7.29. The Bertz CT molecular complexity index is 491. The number of rotatable bonds is 5. The van der Waals surface area contributed by atoms with E-state index in [1.807, 2.05) is 0 Å². The molecule has 2 fully saturated rings. The Morgan fingerprint density at radius 2 is 1.70 bits per heavy atom. The lowest BCUT2D eigenvalue weighted by Crippen LogP contribution is -3.19. The molecule has 0 spiro atoms. The molecule has 6 nitrogen and oxygen atoms in total. The molecular formula is C16H32N3O3S+. The van der Waals surface area contributed by atoms with Gasteiger partial charge in [0.1, 0.15) is 0 Å². The molecule has 0 radical (unpaired) electrons. The van der Waals surface area contributed by atoms with Crippen LogP contribution in [0.25, 0.3) is 0 Å². The lowest BCUT2D eigenvalue weighted by molar-refractivity contribution is -0.950. The summed E-state index contributed by atoms with van der Waals surface area (Å²) in [5, 5.41) is 3.07. The van der Waals surface area contributed by atoms with Crippen LogP contribution in [-0.2, 0) is 14.8 Å². The highest BCUT2D eigenvalue weighted by Gasteiger charge is 2.30. The maximum atomic E-state index is 12.3. The van der Waals surface area contributed by atoms with Crippen molar-refractivity contribution in [1.82, 2.24) is 9.62 Å². The van der Waals surface area contributed by atoms with Gasteiger partial charge in [0.2, 0.25) is 15.9 Å². The maximum Gasteiger partial charge on any atom is 0.223 e. The molecule has 7 heteroatoms. The third-order valence-electron chi connectivity index (χ3n) is 5.55. The molecule has 2 rings (SSSR count). The fourth-order valence-corrected chi connectivity index (χ4v) is 4.88. The number of carbonyl (C=O) groups excluding carboxylic acids is 1. The first-order valence-electron chi connectivity index (χ1n) is 8.87. The molecule has 0 bridgehead atoms. The normalized spacial score (nSPS) is 28.7. The highest BCUT2D eigenvalue weighted by molar-refractivity contribution is 7.88. The molecule has 2 aliphatic heterocycles. The van der Waals surface area contributed by atoms with E-state index in [-0.39, 0.29) is 11.8 Å². The average molecular weight is 347 g/mol. The standard InChI is InChI=1S/C16H31N3O3S/c1-13-5-4-6-14(2)19(13)12-9-17-16(20)15-7-10-18(11-8-15)23(3,21)22/h13-15H,4-12H2,1-3H3,(H,17,20)/p+1/t13-,14-/m1/s1. The number of carbonyl (C=O) groups is 1.